The van der Waals surface area contributed by atoms with Crippen LogP contribution >= 0.6 is 11.6 Å². The Kier molecular flexibility index (Phi) is 4.65. The van der Waals surface area contributed by atoms with E-state index in [2.05, 4.69) is 4.98 Å². The summed E-state index contributed by atoms with van der Waals surface area (Å²) in [6.45, 7) is 2.19. The minimum absolute atomic E-state index is 0.0726. The maximum Gasteiger partial charge on any atom is 0.130 e. The summed E-state index contributed by atoms with van der Waals surface area (Å²) in [4.78, 5) is 4.37. The molecule has 3 N–H and O–H groups in total. The summed E-state index contributed by atoms with van der Waals surface area (Å²) in [6.07, 6.45) is 0. The Morgan fingerprint density at radius 2 is 2.05 bits per heavy atom. The number of halogens is 1. The van der Waals surface area contributed by atoms with Gasteiger partial charge in [-0.05, 0) is 25.1 Å². The number of benzene rings is 1. The van der Waals surface area contributed by atoms with Crippen LogP contribution in [0, 0.1) is 12.3 Å². The third-order valence-corrected chi connectivity index (χ3v) is 3.15. The number of nitrogens with zero attached hydrogens (tertiary/aromatic N) is 1. The molecule has 2 rings (SSSR count). The van der Waals surface area contributed by atoms with Crippen LogP contribution in [-0.4, -0.2) is 17.9 Å². The first-order valence-electron chi connectivity index (χ1n) is 6.28. The van der Waals surface area contributed by atoms with E-state index in [4.69, 9.17) is 32.2 Å². The van der Waals surface area contributed by atoms with Crippen LogP contribution in [0.25, 0.3) is 0 Å². The first-order valence-corrected chi connectivity index (χ1v) is 6.65. The molecule has 0 aliphatic rings. The number of amidine groups is 1. The van der Waals surface area contributed by atoms with Gasteiger partial charge in [0.25, 0.3) is 0 Å². The molecule has 0 fully saturated rings. The maximum absolute atomic E-state index is 7.38. The van der Waals surface area contributed by atoms with Crippen LogP contribution in [0.3, 0.4) is 0 Å². The monoisotopic (exact) mass is 305 g/mol. The number of aromatic nitrogens is 1. The van der Waals surface area contributed by atoms with Crippen molar-refractivity contribution in [3.63, 3.8) is 0 Å². The van der Waals surface area contributed by atoms with Crippen LogP contribution in [0.4, 0.5) is 0 Å². The quantitative estimate of drug-likeness (QED) is 0.657. The summed E-state index contributed by atoms with van der Waals surface area (Å²) >= 11 is 6.04. The molecule has 0 saturated carbocycles. The van der Waals surface area contributed by atoms with Crippen molar-refractivity contribution >= 4 is 17.4 Å². The van der Waals surface area contributed by atoms with Gasteiger partial charge in [-0.3, -0.25) is 10.4 Å². The minimum Gasteiger partial charge on any atom is -0.497 e. The highest BCUT2D eigenvalue weighted by atomic mass is 35.5. The second-order valence-electron chi connectivity index (χ2n) is 4.48. The molecule has 0 atom stereocenters. The van der Waals surface area contributed by atoms with Crippen molar-refractivity contribution in [1.82, 2.24) is 4.98 Å². The molecule has 0 saturated heterocycles. The molecule has 0 aliphatic carbocycles. The van der Waals surface area contributed by atoms with Gasteiger partial charge in [-0.1, -0.05) is 11.6 Å². The molecule has 0 bridgehead atoms. The molecule has 0 unspecified atom stereocenters. The van der Waals surface area contributed by atoms with E-state index in [1.165, 1.54) is 0 Å². The van der Waals surface area contributed by atoms with Gasteiger partial charge in [0.2, 0.25) is 0 Å². The topological polar surface area (TPSA) is 81.2 Å². The fourth-order valence-corrected chi connectivity index (χ4v) is 2.13. The van der Waals surface area contributed by atoms with Gasteiger partial charge in [0.15, 0.2) is 0 Å². The highest BCUT2D eigenvalue weighted by molar-refractivity contribution is 6.34. The Labute approximate surface area is 128 Å². The van der Waals surface area contributed by atoms with Gasteiger partial charge in [0, 0.05) is 23.4 Å². The minimum atomic E-state index is -0.0726. The number of methoxy groups -OCH3 is 1. The van der Waals surface area contributed by atoms with Crippen molar-refractivity contribution in [3.05, 3.63) is 52.3 Å². The lowest BCUT2D eigenvalue weighted by molar-refractivity contribution is 0.300. The molecule has 1 aromatic heterocycles. The highest BCUT2D eigenvalue weighted by Gasteiger charge is 2.06. The van der Waals surface area contributed by atoms with E-state index < -0.39 is 0 Å². The van der Waals surface area contributed by atoms with E-state index in [1.54, 1.807) is 25.3 Å². The number of nitrogens with one attached hydrogen (secondary N) is 1. The average Bonchev–Trinajstić information content (AvgIpc) is 2.44. The van der Waals surface area contributed by atoms with Crippen molar-refractivity contribution in [3.8, 4) is 11.5 Å². The largest absolute Gasteiger partial charge is 0.497 e. The molecule has 0 aliphatic heterocycles. The first kappa shape index (κ1) is 15.1. The summed E-state index contributed by atoms with van der Waals surface area (Å²) < 4.78 is 10.8. The molecule has 5 nitrogen and oxygen atoms in total. The molecule has 1 heterocycles. The number of aryl methyl sites for hydroxylation is 1. The number of nitrogen functional groups attached to an aromatic ring is 1. The Balaban J connectivity index is 2.11. The lowest BCUT2D eigenvalue weighted by Gasteiger charge is -2.10. The van der Waals surface area contributed by atoms with Crippen molar-refractivity contribution in [2.24, 2.45) is 5.73 Å². The number of pyridine rings is 1. The summed E-state index contributed by atoms with van der Waals surface area (Å²) in [6, 6.07) is 8.67. The molecule has 0 amide bonds. The zero-order chi connectivity index (χ0) is 15.4. The standard InChI is InChI=1S/C15H16ClN3O2/c1-9-5-12(20-2)6-10(19-9)8-21-11-3-4-13(15(17)18)14(16)7-11/h3-7H,8H2,1-2H3,(H3,17,18). The molecule has 1 aromatic carbocycles. The van der Waals surface area contributed by atoms with E-state index in [0.717, 1.165) is 17.1 Å². The third-order valence-electron chi connectivity index (χ3n) is 2.83. The molecular weight excluding hydrogens is 290 g/mol. The molecule has 6 heteroatoms. The lowest BCUT2D eigenvalue weighted by Crippen LogP contribution is -2.11. The summed E-state index contributed by atoms with van der Waals surface area (Å²) in [5.41, 5.74) is 7.52. The zero-order valence-corrected chi connectivity index (χ0v) is 12.6. The molecule has 0 spiro atoms. The summed E-state index contributed by atoms with van der Waals surface area (Å²) in [7, 11) is 1.61. The van der Waals surface area contributed by atoms with Crippen LogP contribution in [0.5, 0.6) is 11.5 Å². The number of hydrogen-bond donors (Lipinski definition) is 2. The number of hydrogen-bond acceptors (Lipinski definition) is 4. The van der Waals surface area contributed by atoms with Gasteiger partial charge < -0.3 is 15.2 Å². The lowest BCUT2D eigenvalue weighted by atomic mass is 10.2. The van der Waals surface area contributed by atoms with E-state index in [-0.39, 0.29) is 5.84 Å². The summed E-state index contributed by atoms with van der Waals surface area (Å²) in [5, 5.41) is 7.76. The average molecular weight is 306 g/mol. The van der Waals surface area contributed by atoms with Crippen LogP contribution in [0.2, 0.25) is 5.02 Å². The Bertz CT molecular complexity index is 674. The van der Waals surface area contributed by atoms with Gasteiger partial charge in [-0.25, -0.2) is 0 Å². The number of rotatable bonds is 5. The van der Waals surface area contributed by atoms with Crippen molar-refractivity contribution in [2.45, 2.75) is 13.5 Å². The van der Waals surface area contributed by atoms with E-state index >= 15 is 0 Å². The smallest absolute Gasteiger partial charge is 0.130 e. The summed E-state index contributed by atoms with van der Waals surface area (Å²) in [5.74, 6) is 1.26. The third kappa shape index (κ3) is 3.86. The fourth-order valence-electron chi connectivity index (χ4n) is 1.86. The predicted octanol–water partition coefficient (Wildman–Crippen LogP) is 2.92. The van der Waals surface area contributed by atoms with E-state index in [1.807, 2.05) is 19.1 Å². The van der Waals surface area contributed by atoms with Gasteiger partial charge in [-0.2, -0.15) is 0 Å². The maximum atomic E-state index is 7.38. The van der Waals surface area contributed by atoms with E-state index in [9.17, 15) is 0 Å². The first-order chi connectivity index (χ1) is 9.99. The van der Waals surface area contributed by atoms with Crippen molar-refractivity contribution < 1.29 is 9.47 Å². The van der Waals surface area contributed by atoms with Crippen LogP contribution in [0.15, 0.2) is 30.3 Å². The van der Waals surface area contributed by atoms with Crippen LogP contribution in [-0.2, 0) is 6.61 Å². The Morgan fingerprint density at radius 1 is 1.29 bits per heavy atom. The van der Waals surface area contributed by atoms with Gasteiger partial charge in [0.1, 0.15) is 23.9 Å². The molecule has 0 radical (unpaired) electrons. The number of ether oxygens (including phenoxy) is 2. The Morgan fingerprint density at radius 3 is 2.67 bits per heavy atom. The van der Waals surface area contributed by atoms with Crippen LogP contribution in [0.1, 0.15) is 17.0 Å². The normalized spacial score (nSPS) is 10.2. The molecule has 2 aromatic rings. The zero-order valence-electron chi connectivity index (χ0n) is 11.8. The van der Waals surface area contributed by atoms with Gasteiger partial charge in [0.05, 0.1) is 17.8 Å². The SMILES string of the molecule is COc1cc(C)nc(COc2ccc(C(=N)N)c(Cl)c2)c1. The van der Waals surface area contributed by atoms with Crippen molar-refractivity contribution in [1.29, 1.82) is 5.41 Å². The predicted molar refractivity (Wildman–Crippen MR) is 82.3 cm³/mol. The highest BCUT2D eigenvalue weighted by Crippen LogP contribution is 2.23. The molecule has 110 valence electrons. The van der Waals surface area contributed by atoms with Gasteiger partial charge in [-0.15, -0.1) is 0 Å². The molecular formula is C15H16ClN3O2. The van der Waals surface area contributed by atoms with Crippen molar-refractivity contribution in [2.75, 3.05) is 7.11 Å². The van der Waals surface area contributed by atoms with E-state index in [0.29, 0.717) is 22.9 Å². The second-order valence-corrected chi connectivity index (χ2v) is 4.89. The fraction of sp³-hybridized carbons (Fsp3) is 0.200. The molecule has 21 heavy (non-hydrogen) atoms. The Hall–Kier alpha value is -2.27. The van der Waals surface area contributed by atoms with Crippen LogP contribution < -0.4 is 15.2 Å². The second kappa shape index (κ2) is 6.45. The number of nitrogens with two attached hydrogens (primary N) is 1. The van der Waals surface area contributed by atoms with Gasteiger partial charge >= 0.3 is 0 Å².